The molecule has 0 unspecified atom stereocenters. The Hall–Kier alpha value is -4.22. The highest BCUT2D eigenvalue weighted by molar-refractivity contribution is 7.90. The van der Waals surface area contributed by atoms with Gasteiger partial charge in [-0.15, -0.1) is 0 Å². The molecule has 3 aromatic heterocycles. The van der Waals surface area contributed by atoms with Gasteiger partial charge in [-0.25, -0.2) is 19.7 Å². The van der Waals surface area contributed by atoms with E-state index in [0.717, 1.165) is 16.7 Å². The number of carbonyl (C=O) groups excluding carboxylic acids is 1. The van der Waals surface area contributed by atoms with Crippen LogP contribution < -0.4 is 19.9 Å². The Kier molecular flexibility index (Phi) is 7.51. The number of carbonyl (C=O) groups is 1. The van der Waals surface area contributed by atoms with Crippen LogP contribution in [0, 0.1) is 20.8 Å². The van der Waals surface area contributed by atoms with Gasteiger partial charge in [-0.2, -0.15) is 8.42 Å². The van der Waals surface area contributed by atoms with Crippen LogP contribution in [-0.2, 0) is 10.0 Å². The third-order valence-electron chi connectivity index (χ3n) is 5.44. The molecule has 0 fully saturated rings. The van der Waals surface area contributed by atoms with E-state index in [4.69, 9.17) is 26.8 Å². The lowest BCUT2D eigenvalue weighted by atomic mass is 10.1. The topological polar surface area (TPSA) is 146 Å². The molecule has 10 nitrogen and oxygen atoms in total. The van der Waals surface area contributed by atoms with E-state index in [9.17, 15) is 13.2 Å². The lowest BCUT2D eigenvalue weighted by Gasteiger charge is -2.16. The first-order chi connectivity index (χ1) is 18.0. The molecule has 12 heteroatoms. The maximum atomic E-state index is 13.3. The fourth-order valence-corrected chi connectivity index (χ4v) is 4.95. The van der Waals surface area contributed by atoms with Crippen LogP contribution in [0.2, 0.25) is 5.02 Å². The molecule has 4 aromatic rings. The number of anilines is 1. The third kappa shape index (κ3) is 5.68. The van der Waals surface area contributed by atoms with Crippen LogP contribution in [0.5, 0.6) is 17.5 Å². The maximum absolute atomic E-state index is 13.3. The molecule has 0 aliphatic rings. The molecule has 1 amide bonds. The Morgan fingerprint density at radius 2 is 1.74 bits per heavy atom. The summed E-state index contributed by atoms with van der Waals surface area (Å²) < 4.78 is 39.2. The number of hydrogen-bond acceptors (Lipinski definition) is 9. The van der Waals surface area contributed by atoms with Crippen molar-refractivity contribution in [2.75, 3.05) is 12.8 Å². The van der Waals surface area contributed by atoms with Crippen LogP contribution in [-0.4, -0.2) is 36.4 Å². The van der Waals surface area contributed by atoms with E-state index in [-0.39, 0.29) is 24.6 Å². The smallest absolute Gasteiger partial charge is 0.281 e. The number of ether oxygens (including phenoxy) is 2. The van der Waals surface area contributed by atoms with E-state index in [0.29, 0.717) is 22.0 Å². The van der Waals surface area contributed by atoms with Gasteiger partial charge in [0.15, 0.2) is 5.03 Å². The molecule has 0 aliphatic heterocycles. The first kappa shape index (κ1) is 26.8. The molecule has 4 rings (SSSR count). The minimum Gasteiger partial charge on any atom is -0.481 e. The van der Waals surface area contributed by atoms with E-state index in [2.05, 4.69) is 15.0 Å². The van der Waals surface area contributed by atoms with Crippen molar-refractivity contribution < 1.29 is 24.1 Å². The van der Waals surface area contributed by atoms with Crippen molar-refractivity contribution in [3.05, 3.63) is 82.0 Å². The van der Waals surface area contributed by atoms with Crippen molar-refractivity contribution in [1.82, 2.24) is 19.7 Å². The first-order valence-electron chi connectivity index (χ1n) is 11.2. The Morgan fingerprint density at radius 3 is 2.39 bits per heavy atom. The van der Waals surface area contributed by atoms with Crippen molar-refractivity contribution in [2.45, 2.75) is 25.8 Å². The number of nitrogen functional groups attached to an aromatic ring is 1. The molecule has 0 saturated carbocycles. The van der Waals surface area contributed by atoms with Crippen LogP contribution in [0.3, 0.4) is 0 Å². The zero-order chi connectivity index (χ0) is 27.6. The molecule has 0 spiro atoms. The van der Waals surface area contributed by atoms with Gasteiger partial charge >= 0.3 is 0 Å². The van der Waals surface area contributed by atoms with Crippen LogP contribution in [0.15, 0.2) is 59.8 Å². The largest absolute Gasteiger partial charge is 0.481 e. The normalized spacial score (nSPS) is 11.2. The van der Waals surface area contributed by atoms with Gasteiger partial charge in [0.05, 0.1) is 23.4 Å². The van der Waals surface area contributed by atoms with Gasteiger partial charge in [0.2, 0.25) is 11.8 Å². The Bertz CT molecular complexity index is 1640. The summed E-state index contributed by atoms with van der Waals surface area (Å²) in [4.78, 5) is 25.7. The van der Waals surface area contributed by atoms with Gasteiger partial charge in [0.25, 0.3) is 15.9 Å². The lowest BCUT2D eigenvalue weighted by molar-refractivity contribution is 0.0978. The highest BCUT2D eigenvalue weighted by atomic mass is 35.5. The summed E-state index contributed by atoms with van der Waals surface area (Å²) in [5.41, 5.74) is 8.91. The number of methoxy groups -OCH3 is 1. The summed E-state index contributed by atoms with van der Waals surface area (Å²) in [5, 5.41) is -0.0595. The van der Waals surface area contributed by atoms with Gasteiger partial charge < -0.3 is 15.2 Å². The van der Waals surface area contributed by atoms with Crippen LogP contribution >= 0.6 is 11.6 Å². The molecule has 0 aliphatic carbocycles. The highest BCUT2D eigenvalue weighted by Crippen LogP contribution is 2.35. The summed E-state index contributed by atoms with van der Waals surface area (Å²) in [6.45, 7) is 5.67. The SMILES string of the molecule is COc1ncc(Cl)cc1-c1ccc(C(=O)NS(=O)(=O)c2cccc(N)n2)c(Oc2c(C)cc(C)cc2C)n1.[HH]. The summed E-state index contributed by atoms with van der Waals surface area (Å²) in [6, 6.07) is 12.4. The van der Waals surface area contributed by atoms with E-state index >= 15 is 0 Å². The molecule has 0 bridgehead atoms. The Balaban J connectivity index is 0.00000420. The van der Waals surface area contributed by atoms with Crippen LogP contribution in [0.1, 0.15) is 28.5 Å². The molecule has 0 radical (unpaired) electrons. The molecular formula is C26H26ClN5O5S. The monoisotopic (exact) mass is 555 g/mol. The predicted molar refractivity (Wildman–Crippen MR) is 145 cm³/mol. The van der Waals surface area contributed by atoms with E-state index in [1.807, 2.05) is 37.6 Å². The number of aryl methyl sites for hydroxylation is 3. The molecule has 0 saturated heterocycles. The Labute approximate surface area is 226 Å². The second-order valence-electron chi connectivity index (χ2n) is 8.42. The quantitative estimate of drug-likeness (QED) is 0.326. The number of nitrogens with zero attached hydrogens (tertiary/aromatic N) is 3. The van der Waals surface area contributed by atoms with Crippen molar-refractivity contribution in [3.63, 3.8) is 0 Å². The maximum Gasteiger partial charge on any atom is 0.281 e. The first-order valence-corrected chi connectivity index (χ1v) is 13.1. The van der Waals surface area contributed by atoms with E-state index < -0.39 is 21.0 Å². The van der Waals surface area contributed by atoms with E-state index in [1.54, 1.807) is 6.07 Å². The second-order valence-corrected chi connectivity index (χ2v) is 10.5. The minimum atomic E-state index is -4.34. The number of hydrogen-bond donors (Lipinski definition) is 2. The average molecular weight is 556 g/mol. The zero-order valence-electron chi connectivity index (χ0n) is 20.9. The molecule has 1 aromatic carbocycles. The lowest BCUT2D eigenvalue weighted by Crippen LogP contribution is -2.31. The molecular weight excluding hydrogens is 530 g/mol. The molecule has 0 atom stereocenters. The Morgan fingerprint density at radius 1 is 1.03 bits per heavy atom. The fraction of sp³-hybridized carbons (Fsp3) is 0.154. The number of aromatic nitrogens is 3. The van der Waals surface area contributed by atoms with Gasteiger partial charge in [-0.3, -0.25) is 4.79 Å². The summed E-state index contributed by atoms with van der Waals surface area (Å²) in [7, 11) is -2.89. The number of benzene rings is 1. The van der Waals surface area contributed by atoms with Gasteiger partial charge in [-0.1, -0.05) is 35.4 Å². The number of sulfonamides is 1. The molecule has 3 heterocycles. The summed E-state index contributed by atoms with van der Waals surface area (Å²) in [5.74, 6) is -0.381. The standard InChI is InChI=1S/C26H24ClN5O5S.H2/c1-14-10-15(2)23(16(3)11-14)37-26-18(24(33)32-38(34,35)22-7-5-6-21(28)31-22)8-9-20(30-26)19-12-17(27)13-29-25(19)36-4;/h5-13H,1-4H3,(H2,28,31)(H,32,33);1H. The highest BCUT2D eigenvalue weighted by Gasteiger charge is 2.25. The zero-order valence-corrected chi connectivity index (χ0v) is 22.5. The number of pyridine rings is 3. The number of nitrogens with two attached hydrogens (primary N) is 1. The number of nitrogens with one attached hydrogen (secondary N) is 1. The van der Waals surface area contributed by atoms with Crippen molar-refractivity contribution >= 4 is 33.3 Å². The van der Waals surface area contributed by atoms with Gasteiger partial charge in [-0.05, 0) is 62.2 Å². The van der Waals surface area contributed by atoms with Gasteiger partial charge in [0.1, 0.15) is 17.1 Å². The summed E-state index contributed by atoms with van der Waals surface area (Å²) >= 11 is 6.15. The minimum absolute atomic E-state index is 0. The fourth-order valence-electron chi connectivity index (χ4n) is 3.85. The molecule has 198 valence electrons. The summed E-state index contributed by atoms with van der Waals surface area (Å²) in [6.07, 6.45) is 1.43. The predicted octanol–water partition coefficient (Wildman–Crippen LogP) is 4.87. The number of halogens is 1. The van der Waals surface area contributed by atoms with Crippen molar-refractivity contribution in [3.8, 4) is 28.8 Å². The average Bonchev–Trinajstić information content (AvgIpc) is 2.85. The van der Waals surface area contributed by atoms with Crippen LogP contribution in [0.4, 0.5) is 5.82 Å². The van der Waals surface area contributed by atoms with Gasteiger partial charge in [0, 0.05) is 7.62 Å². The van der Waals surface area contributed by atoms with E-state index in [1.165, 1.54) is 43.6 Å². The third-order valence-corrected chi connectivity index (χ3v) is 6.88. The molecule has 3 N–H and O–H groups in total. The van der Waals surface area contributed by atoms with Crippen LogP contribution in [0.25, 0.3) is 11.3 Å². The number of amides is 1. The van der Waals surface area contributed by atoms with Crippen molar-refractivity contribution in [2.24, 2.45) is 0 Å². The second kappa shape index (κ2) is 10.6. The number of rotatable bonds is 7. The van der Waals surface area contributed by atoms with Crippen molar-refractivity contribution in [1.29, 1.82) is 0 Å². The molecule has 38 heavy (non-hydrogen) atoms.